The van der Waals surface area contributed by atoms with Crippen LogP contribution in [0.25, 0.3) is 0 Å². The van der Waals surface area contributed by atoms with Gasteiger partial charge in [-0.2, -0.15) is 0 Å². The fraction of sp³-hybridized carbons (Fsp3) is 0.818. The number of nitrogens with zero attached hydrogens (tertiary/aromatic N) is 3. The summed E-state index contributed by atoms with van der Waals surface area (Å²) in [4.78, 5) is 28.0. The minimum absolute atomic E-state index is 0.112. The molecule has 0 aromatic rings. The second kappa shape index (κ2) is 6.55. The van der Waals surface area contributed by atoms with Crippen molar-refractivity contribution in [2.45, 2.75) is 6.10 Å². The van der Waals surface area contributed by atoms with Crippen LogP contribution in [-0.2, 0) is 9.53 Å². The van der Waals surface area contributed by atoms with Crippen LogP contribution >= 0.6 is 0 Å². The highest BCUT2D eigenvalue weighted by Gasteiger charge is 2.30. The number of urea groups is 1. The molecule has 0 bridgehead atoms. The van der Waals surface area contributed by atoms with Gasteiger partial charge in [0.15, 0.2) is 6.10 Å². The van der Waals surface area contributed by atoms with Crippen molar-refractivity contribution in [3.63, 3.8) is 0 Å². The first-order valence-corrected chi connectivity index (χ1v) is 5.91. The Kier molecular flexibility index (Phi) is 5.36. The maximum Gasteiger partial charge on any atom is 0.334 e. The standard InChI is InChI=1S/C11H21N3O4/c1-12(2)4-5-13(3)11(17)14-6-7-18-9(8-14)10(15)16/h9H,4-8H2,1-3H3,(H,15,16). The van der Waals surface area contributed by atoms with E-state index in [9.17, 15) is 9.59 Å². The van der Waals surface area contributed by atoms with Crippen molar-refractivity contribution in [2.75, 3.05) is 53.9 Å². The van der Waals surface area contributed by atoms with E-state index in [4.69, 9.17) is 9.84 Å². The number of likely N-dealkylation sites (N-methyl/N-ethyl adjacent to an activating group) is 2. The lowest BCUT2D eigenvalue weighted by molar-refractivity contribution is -0.154. The Labute approximate surface area is 107 Å². The lowest BCUT2D eigenvalue weighted by atomic mass is 10.3. The first-order chi connectivity index (χ1) is 8.41. The van der Waals surface area contributed by atoms with E-state index in [1.807, 2.05) is 19.0 Å². The molecule has 0 aromatic carbocycles. The molecule has 1 heterocycles. The molecular formula is C11H21N3O4. The van der Waals surface area contributed by atoms with Gasteiger partial charge in [-0.25, -0.2) is 9.59 Å². The van der Waals surface area contributed by atoms with E-state index in [-0.39, 0.29) is 19.2 Å². The van der Waals surface area contributed by atoms with Gasteiger partial charge in [0.05, 0.1) is 13.2 Å². The maximum atomic E-state index is 12.1. The van der Waals surface area contributed by atoms with Crippen molar-refractivity contribution in [1.29, 1.82) is 0 Å². The molecule has 0 aliphatic carbocycles. The highest BCUT2D eigenvalue weighted by atomic mass is 16.5. The van der Waals surface area contributed by atoms with Gasteiger partial charge in [0, 0.05) is 26.7 Å². The van der Waals surface area contributed by atoms with Crippen LogP contribution in [0.2, 0.25) is 0 Å². The predicted octanol–water partition coefficient (Wildman–Crippen LogP) is -0.615. The molecule has 0 spiro atoms. The number of hydrogen-bond acceptors (Lipinski definition) is 4. The lowest BCUT2D eigenvalue weighted by Gasteiger charge is -2.34. The van der Waals surface area contributed by atoms with E-state index in [2.05, 4.69) is 0 Å². The third-order valence-electron chi connectivity index (χ3n) is 2.82. The summed E-state index contributed by atoms with van der Waals surface area (Å²) in [6.07, 6.45) is -0.912. The second-order valence-corrected chi connectivity index (χ2v) is 4.65. The molecule has 0 aromatic heterocycles. The summed E-state index contributed by atoms with van der Waals surface area (Å²) in [5.74, 6) is -1.02. The minimum atomic E-state index is -1.02. The number of carbonyl (C=O) groups excluding carboxylic acids is 1. The summed E-state index contributed by atoms with van der Waals surface area (Å²) in [6.45, 7) is 2.20. The highest BCUT2D eigenvalue weighted by molar-refractivity contribution is 5.77. The first-order valence-electron chi connectivity index (χ1n) is 5.91. The van der Waals surface area contributed by atoms with E-state index in [1.54, 1.807) is 11.9 Å². The largest absolute Gasteiger partial charge is 0.479 e. The van der Waals surface area contributed by atoms with Gasteiger partial charge in [0.25, 0.3) is 0 Å². The van der Waals surface area contributed by atoms with Gasteiger partial charge in [-0.05, 0) is 14.1 Å². The monoisotopic (exact) mass is 259 g/mol. The molecule has 1 aliphatic rings. The summed E-state index contributed by atoms with van der Waals surface area (Å²) < 4.78 is 5.08. The van der Waals surface area contributed by atoms with Crippen LogP contribution in [0, 0.1) is 0 Å². The van der Waals surface area contributed by atoms with Crippen molar-refractivity contribution in [1.82, 2.24) is 14.7 Å². The van der Waals surface area contributed by atoms with E-state index in [0.717, 1.165) is 6.54 Å². The Bertz CT molecular complexity index is 309. The molecule has 18 heavy (non-hydrogen) atoms. The van der Waals surface area contributed by atoms with Gasteiger partial charge < -0.3 is 24.5 Å². The molecule has 104 valence electrons. The van der Waals surface area contributed by atoms with Crippen LogP contribution in [0.3, 0.4) is 0 Å². The molecule has 1 unspecified atom stereocenters. The number of morpholine rings is 1. The van der Waals surface area contributed by atoms with Crippen molar-refractivity contribution in [2.24, 2.45) is 0 Å². The van der Waals surface area contributed by atoms with Crippen molar-refractivity contribution in [3.05, 3.63) is 0 Å². The summed E-state index contributed by atoms with van der Waals surface area (Å²) in [7, 11) is 5.60. The van der Waals surface area contributed by atoms with Crippen LogP contribution in [-0.4, -0.2) is 91.8 Å². The Balaban J connectivity index is 2.47. The van der Waals surface area contributed by atoms with Crippen molar-refractivity contribution in [3.8, 4) is 0 Å². The Hall–Kier alpha value is -1.34. The van der Waals surface area contributed by atoms with E-state index < -0.39 is 12.1 Å². The molecule has 1 N–H and O–H groups in total. The number of ether oxygens (including phenoxy) is 1. The Morgan fingerprint density at radius 1 is 1.33 bits per heavy atom. The van der Waals surface area contributed by atoms with Gasteiger partial charge in [-0.3, -0.25) is 0 Å². The molecule has 1 fully saturated rings. The van der Waals surface area contributed by atoms with Gasteiger partial charge >= 0.3 is 12.0 Å². The molecule has 1 aliphatic heterocycles. The Morgan fingerprint density at radius 3 is 2.56 bits per heavy atom. The van der Waals surface area contributed by atoms with Gasteiger partial charge in [-0.1, -0.05) is 0 Å². The zero-order valence-electron chi connectivity index (χ0n) is 11.1. The summed E-state index contributed by atoms with van der Waals surface area (Å²) >= 11 is 0. The lowest BCUT2D eigenvalue weighted by Crippen LogP contribution is -2.52. The Morgan fingerprint density at radius 2 is 2.00 bits per heavy atom. The second-order valence-electron chi connectivity index (χ2n) is 4.65. The summed E-state index contributed by atoms with van der Waals surface area (Å²) in [5, 5.41) is 8.87. The number of carboxylic acid groups (broad SMARTS) is 1. The average molecular weight is 259 g/mol. The van der Waals surface area contributed by atoms with Crippen molar-refractivity contribution >= 4 is 12.0 Å². The third kappa shape index (κ3) is 4.15. The molecule has 1 atom stereocenters. The fourth-order valence-corrected chi connectivity index (χ4v) is 1.66. The van der Waals surface area contributed by atoms with Crippen LogP contribution in [0.15, 0.2) is 0 Å². The number of hydrogen-bond donors (Lipinski definition) is 1. The molecule has 1 saturated heterocycles. The number of amides is 2. The number of carbonyl (C=O) groups is 2. The maximum absolute atomic E-state index is 12.1. The molecule has 7 heteroatoms. The normalized spacial score (nSPS) is 20.0. The molecular weight excluding hydrogens is 238 g/mol. The van der Waals surface area contributed by atoms with Crippen LogP contribution in [0.5, 0.6) is 0 Å². The highest BCUT2D eigenvalue weighted by Crippen LogP contribution is 2.07. The zero-order chi connectivity index (χ0) is 13.7. The van der Waals surface area contributed by atoms with Gasteiger partial charge in [-0.15, -0.1) is 0 Å². The van der Waals surface area contributed by atoms with Crippen molar-refractivity contribution < 1.29 is 19.4 Å². The van der Waals surface area contributed by atoms with Crippen LogP contribution < -0.4 is 0 Å². The number of aliphatic carboxylic acids is 1. The smallest absolute Gasteiger partial charge is 0.334 e. The number of rotatable bonds is 4. The van der Waals surface area contributed by atoms with E-state index >= 15 is 0 Å². The molecule has 0 saturated carbocycles. The SMILES string of the molecule is CN(C)CCN(C)C(=O)N1CCOC(C(=O)O)C1. The van der Waals surface area contributed by atoms with Gasteiger partial charge in [0.2, 0.25) is 0 Å². The quantitative estimate of drug-likeness (QED) is 0.729. The molecule has 0 radical (unpaired) electrons. The van der Waals surface area contributed by atoms with Crippen LogP contribution in [0.4, 0.5) is 4.79 Å². The van der Waals surface area contributed by atoms with E-state index in [1.165, 1.54) is 4.90 Å². The summed E-state index contributed by atoms with van der Waals surface area (Å²) in [6, 6.07) is -0.147. The molecule has 1 rings (SSSR count). The van der Waals surface area contributed by atoms with Gasteiger partial charge in [0.1, 0.15) is 0 Å². The number of carboxylic acids is 1. The third-order valence-corrected chi connectivity index (χ3v) is 2.82. The first kappa shape index (κ1) is 14.7. The molecule has 2 amide bonds. The van der Waals surface area contributed by atoms with E-state index in [0.29, 0.717) is 13.1 Å². The topological polar surface area (TPSA) is 73.3 Å². The van der Waals surface area contributed by atoms with Crippen LogP contribution in [0.1, 0.15) is 0 Å². The summed E-state index contributed by atoms with van der Waals surface area (Å²) in [5.41, 5.74) is 0. The molecule has 7 nitrogen and oxygen atoms in total. The fourth-order valence-electron chi connectivity index (χ4n) is 1.66. The minimum Gasteiger partial charge on any atom is -0.479 e. The zero-order valence-corrected chi connectivity index (χ0v) is 11.1. The predicted molar refractivity (Wildman–Crippen MR) is 65.5 cm³/mol. The average Bonchev–Trinajstić information content (AvgIpc) is 2.35.